The third-order valence-electron chi connectivity index (χ3n) is 4.03. The smallest absolute Gasteiger partial charge is 0.244 e. The van der Waals surface area contributed by atoms with Gasteiger partial charge in [-0.3, -0.25) is 4.79 Å². The van der Waals surface area contributed by atoms with Gasteiger partial charge in [-0.2, -0.15) is 0 Å². The molecule has 21 heavy (non-hydrogen) atoms. The standard InChI is InChI=1S/C17H22ClNO2/c1-12-6-7-13(10-15(12)18)8-9-17(21)19-11-14-4-2-3-5-16(14)20/h6-10,14,16,20H,2-5,11H2,1H3,(H,19,21). The Morgan fingerprint density at radius 3 is 2.90 bits per heavy atom. The minimum atomic E-state index is -0.279. The summed E-state index contributed by atoms with van der Waals surface area (Å²) < 4.78 is 0. The van der Waals surface area contributed by atoms with Crippen LogP contribution >= 0.6 is 11.6 Å². The molecular weight excluding hydrogens is 286 g/mol. The zero-order chi connectivity index (χ0) is 15.2. The molecule has 1 aliphatic rings. The Bertz CT molecular complexity index is 528. The van der Waals surface area contributed by atoms with E-state index in [1.807, 2.05) is 25.1 Å². The highest BCUT2D eigenvalue weighted by Gasteiger charge is 2.22. The predicted octanol–water partition coefficient (Wildman–Crippen LogP) is 3.33. The highest BCUT2D eigenvalue weighted by Crippen LogP contribution is 2.23. The Morgan fingerprint density at radius 1 is 1.43 bits per heavy atom. The van der Waals surface area contributed by atoms with Gasteiger partial charge in [0.1, 0.15) is 0 Å². The minimum Gasteiger partial charge on any atom is -0.393 e. The summed E-state index contributed by atoms with van der Waals surface area (Å²) in [4.78, 5) is 11.8. The second kappa shape index (κ2) is 7.62. The lowest BCUT2D eigenvalue weighted by Crippen LogP contribution is -2.36. The predicted molar refractivity (Wildman–Crippen MR) is 86.2 cm³/mol. The number of hydrogen-bond donors (Lipinski definition) is 2. The van der Waals surface area contributed by atoms with Gasteiger partial charge in [-0.15, -0.1) is 0 Å². The van der Waals surface area contributed by atoms with Crippen LogP contribution in [0.25, 0.3) is 6.08 Å². The molecule has 1 aromatic rings. The maximum absolute atomic E-state index is 11.8. The highest BCUT2D eigenvalue weighted by molar-refractivity contribution is 6.31. The van der Waals surface area contributed by atoms with E-state index in [1.165, 1.54) is 6.08 Å². The quantitative estimate of drug-likeness (QED) is 0.838. The number of aliphatic hydroxyl groups excluding tert-OH is 1. The van der Waals surface area contributed by atoms with Crippen LogP contribution in [0.5, 0.6) is 0 Å². The van der Waals surface area contributed by atoms with Gasteiger partial charge in [0.25, 0.3) is 0 Å². The molecule has 2 unspecified atom stereocenters. The molecule has 1 fully saturated rings. The van der Waals surface area contributed by atoms with E-state index in [1.54, 1.807) is 6.08 Å². The van der Waals surface area contributed by atoms with Crippen LogP contribution in [-0.4, -0.2) is 23.7 Å². The number of nitrogens with one attached hydrogen (secondary N) is 1. The van der Waals surface area contributed by atoms with Gasteiger partial charge in [0.2, 0.25) is 5.91 Å². The average molecular weight is 308 g/mol. The average Bonchev–Trinajstić information content (AvgIpc) is 2.47. The SMILES string of the molecule is Cc1ccc(C=CC(=O)NCC2CCCCC2O)cc1Cl. The Balaban J connectivity index is 1.83. The molecule has 0 spiro atoms. The molecule has 0 radical (unpaired) electrons. The number of benzene rings is 1. The molecular formula is C17H22ClNO2. The summed E-state index contributed by atoms with van der Waals surface area (Å²) in [6.45, 7) is 2.48. The van der Waals surface area contributed by atoms with Crippen LogP contribution in [0.3, 0.4) is 0 Å². The molecule has 2 N–H and O–H groups in total. The Labute approximate surface area is 131 Å². The van der Waals surface area contributed by atoms with Crippen molar-refractivity contribution in [2.24, 2.45) is 5.92 Å². The summed E-state index contributed by atoms with van der Waals surface area (Å²) in [7, 11) is 0. The summed E-state index contributed by atoms with van der Waals surface area (Å²) in [6.07, 6.45) is 7.03. The van der Waals surface area contributed by atoms with Gasteiger partial charge >= 0.3 is 0 Å². The summed E-state index contributed by atoms with van der Waals surface area (Å²) in [5.74, 6) is 0.0504. The molecule has 1 saturated carbocycles. The topological polar surface area (TPSA) is 49.3 Å². The lowest BCUT2D eigenvalue weighted by atomic mass is 9.86. The second-order valence-electron chi connectivity index (χ2n) is 5.70. The van der Waals surface area contributed by atoms with E-state index in [4.69, 9.17) is 11.6 Å². The van der Waals surface area contributed by atoms with E-state index in [0.29, 0.717) is 11.6 Å². The lowest BCUT2D eigenvalue weighted by Gasteiger charge is -2.27. The fraction of sp³-hybridized carbons (Fsp3) is 0.471. The first-order chi connectivity index (χ1) is 10.1. The fourth-order valence-corrected chi connectivity index (χ4v) is 2.79. The van der Waals surface area contributed by atoms with Crippen molar-refractivity contribution < 1.29 is 9.90 Å². The molecule has 2 rings (SSSR count). The minimum absolute atomic E-state index is 0.135. The van der Waals surface area contributed by atoms with Crippen LogP contribution in [0.2, 0.25) is 5.02 Å². The molecule has 0 saturated heterocycles. The summed E-state index contributed by atoms with van der Waals surface area (Å²) in [5, 5.41) is 13.4. The molecule has 114 valence electrons. The van der Waals surface area contributed by atoms with Crippen molar-refractivity contribution in [2.75, 3.05) is 6.54 Å². The van der Waals surface area contributed by atoms with Crippen molar-refractivity contribution in [3.63, 3.8) is 0 Å². The zero-order valence-corrected chi connectivity index (χ0v) is 13.1. The van der Waals surface area contributed by atoms with Crippen molar-refractivity contribution in [1.82, 2.24) is 5.32 Å². The van der Waals surface area contributed by atoms with Crippen molar-refractivity contribution >= 4 is 23.6 Å². The molecule has 1 aromatic carbocycles. The monoisotopic (exact) mass is 307 g/mol. The number of hydrogen-bond acceptors (Lipinski definition) is 2. The number of rotatable bonds is 4. The van der Waals surface area contributed by atoms with E-state index in [9.17, 15) is 9.90 Å². The van der Waals surface area contributed by atoms with Gasteiger partial charge in [0.05, 0.1) is 6.10 Å². The Morgan fingerprint density at radius 2 is 2.19 bits per heavy atom. The number of halogens is 1. The van der Waals surface area contributed by atoms with Crippen LogP contribution in [0.1, 0.15) is 36.8 Å². The first kappa shape index (κ1) is 16.1. The van der Waals surface area contributed by atoms with E-state index in [2.05, 4.69) is 5.32 Å². The molecule has 0 aliphatic heterocycles. The van der Waals surface area contributed by atoms with Gasteiger partial charge in [0.15, 0.2) is 0 Å². The van der Waals surface area contributed by atoms with E-state index in [0.717, 1.165) is 36.8 Å². The Kier molecular flexibility index (Phi) is 5.83. The van der Waals surface area contributed by atoms with E-state index >= 15 is 0 Å². The lowest BCUT2D eigenvalue weighted by molar-refractivity contribution is -0.116. The van der Waals surface area contributed by atoms with Crippen LogP contribution in [0, 0.1) is 12.8 Å². The van der Waals surface area contributed by atoms with Gasteiger partial charge in [-0.25, -0.2) is 0 Å². The summed E-state index contributed by atoms with van der Waals surface area (Å²) in [5.41, 5.74) is 1.92. The number of carbonyl (C=O) groups is 1. The van der Waals surface area contributed by atoms with Crippen molar-refractivity contribution in [3.8, 4) is 0 Å². The van der Waals surface area contributed by atoms with Crippen LogP contribution < -0.4 is 5.32 Å². The van der Waals surface area contributed by atoms with Gasteiger partial charge in [-0.05, 0) is 43.0 Å². The summed E-state index contributed by atoms with van der Waals surface area (Å²) >= 11 is 6.05. The van der Waals surface area contributed by atoms with Gasteiger partial charge < -0.3 is 10.4 Å². The molecule has 1 aliphatic carbocycles. The fourth-order valence-electron chi connectivity index (χ4n) is 2.60. The number of amides is 1. The maximum Gasteiger partial charge on any atom is 0.244 e. The van der Waals surface area contributed by atoms with Crippen molar-refractivity contribution in [1.29, 1.82) is 0 Å². The molecule has 4 heteroatoms. The molecule has 0 aromatic heterocycles. The van der Waals surface area contributed by atoms with Crippen molar-refractivity contribution in [3.05, 3.63) is 40.4 Å². The third-order valence-corrected chi connectivity index (χ3v) is 4.44. The summed E-state index contributed by atoms with van der Waals surface area (Å²) in [6, 6.07) is 5.69. The number of aryl methyl sites for hydroxylation is 1. The van der Waals surface area contributed by atoms with E-state index in [-0.39, 0.29) is 17.9 Å². The highest BCUT2D eigenvalue weighted by atomic mass is 35.5. The molecule has 3 nitrogen and oxygen atoms in total. The zero-order valence-electron chi connectivity index (χ0n) is 12.3. The second-order valence-corrected chi connectivity index (χ2v) is 6.11. The molecule has 1 amide bonds. The first-order valence-corrected chi connectivity index (χ1v) is 7.84. The first-order valence-electron chi connectivity index (χ1n) is 7.46. The van der Waals surface area contributed by atoms with Crippen molar-refractivity contribution in [2.45, 2.75) is 38.7 Å². The van der Waals surface area contributed by atoms with Crippen LogP contribution in [-0.2, 0) is 4.79 Å². The molecule has 0 bridgehead atoms. The van der Waals surface area contributed by atoms with E-state index < -0.39 is 0 Å². The molecule has 2 atom stereocenters. The maximum atomic E-state index is 11.8. The number of carbonyl (C=O) groups excluding carboxylic acids is 1. The van der Waals surface area contributed by atoms with Gasteiger partial charge in [0, 0.05) is 23.6 Å². The number of aliphatic hydroxyl groups is 1. The van der Waals surface area contributed by atoms with Gasteiger partial charge in [-0.1, -0.05) is 36.6 Å². The molecule has 0 heterocycles. The largest absolute Gasteiger partial charge is 0.393 e. The Hall–Kier alpha value is -1.32. The van der Waals surface area contributed by atoms with Crippen LogP contribution in [0.15, 0.2) is 24.3 Å². The third kappa shape index (κ3) is 4.87. The van der Waals surface area contributed by atoms with Crippen LogP contribution in [0.4, 0.5) is 0 Å². The normalized spacial score (nSPS) is 22.4.